The summed E-state index contributed by atoms with van der Waals surface area (Å²) in [6, 6.07) is 12.7. The lowest BCUT2D eigenvalue weighted by atomic mass is 10.0. The van der Waals surface area contributed by atoms with Crippen LogP contribution in [0, 0.1) is 0 Å². The van der Waals surface area contributed by atoms with E-state index >= 15 is 0 Å². The Kier molecular flexibility index (Phi) is 6.25. The summed E-state index contributed by atoms with van der Waals surface area (Å²) < 4.78 is 0. The van der Waals surface area contributed by atoms with Gasteiger partial charge >= 0.3 is 0 Å². The van der Waals surface area contributed by atoms with Gasteiger partial charge in [-0.3, -0.25) is 29.4 Å². The third-order valence-electron chi connectivity index (χ3n) is 7.06. The topological polar surface area (TPSA) is 116 Å². The highest BCUT2D eigenvalue weighted by atomic mass is 16.2. The molecule has 3 N–H and O–H groups in total. The molecule has 5 rings (SSSR count). The molecule has 0 spiro atoms. The van der Waals surface area contributed by atoms with Crippen LogP contribution in [0.4, 0.5) is 5.69 Å². The first-order valence-electron chi connectivity index (χ1n) is 12.0. The van der Waals surface area contributed by atoms with E-state index in [9.17, 15) is 19.2 Å². The zero-order valence-electron chi connectivity index (χ0n) is 19.5. The van der Waals surface area contributed by atoms with Crippen LogP contribution in [-0.4, -0.2) is 70.5 Å². The molecular weight excluding hydrogens is 446 g/mol. The number of piperazine rings is 1. The van der Waals surface area contributed by atoms with Gasteiger partial charge in [-0.25, -0.2) is 0 Å². The normalized spacial score (nSPS) is 20.7. The van der Waals surface area contributed by atoms with E-state index in [1.165, 1.54) is 0 Å². The molecule has 182 valence electrons. The number of nitrogens with zero attached hydrogens (tertiary/aromatic N) is 3. The smallest absolute Gasteiger partial charge is 0.255 e. The molecule has 2 saturated heterocycles. The first kappa shape index (κ1) is 23.0. The van der Waals surface area contributed by atoms with E-state index < -0.39 is 11.9 Å². The van der Waals surface area contributed by atoms with Crippen LogP contribution < -0.4 is 11.1 Å². The first-order valence-corrected chi connectivity index (χ1v) is 12.0. The number of anilines is 1. The lowest BCUT2D eigenvalue weighted by molar-refractivity contribution is -0.137. The Bertz CT molecular complexity index is 1170. The van der Waals surface area contributed by atoms with Crippen LogP contribution in [0.25, 0.3) is 0 Å². The van der Waals surface area contributed by atoms with Crippen LogP contribution in [0.1, 0.15) is 39.9 Å². The summed E-state index contributed by atoms with van der Waals surface area (Å²) in [6.07, 6.45) is 0.978. The second-order valence-electron chi connectivity index (χ2n) is 9.47. The van der Waals surface area contributed by atoms with Gasteiger partial charge in [0.25, 0.3) is 5.91 Å². The van der Waals surface area contributed by atoms with E-state index in [0.717, 1.165) is 29.8 Å². The second-order valence-corrected chi connectivity index (χ2v) is 9.47. The Morgan fingerprint density at radius 3 is 2.40 bits per heavy atom. The van der Waals surface area contributed by atoms with Gasteiger partial charge in [0.1, 0.15) is 6.04 Å². The van der Waals surface area contributed by atoms with Gasteiger partial charge < -0.3 is 15.5 Å². The number of rotatable bonds is 5. The van der Waals surface area contributed by atoms with Crippen molar-refractivity contribution in [2.45, 2.75) is 38.4 Å². The second kappa shape index (κ2) is 9.50. The highest BCUT2D eigenvalue weighted by Gasteiger charge is 2.39. The van der Waals surface area contributed by atoms with Crippen molar-refractivity contribution in [3.8, 4) is 0 Å². The van der Waals surface area contributed by atoms with Crippen LogP contribution in [0.3, 0.4) is 0 Å². The SMILES string of the molecule is Nc1ccc(CC(=O)N2CCN(Cc3ccc4c(c3)C(=O)N(C3CCC(=O)NC3=O)C4)CC2)cc1. The molecule has 2 fully saturated rings. The summed E-state index contributed by atoms with van der Waals surface area (Å²) in [6.45, 7) is 3.94. The summed E-state index contributed by atoms with van der Waals surface area (Å²) in [5.41, 5.74) is 9.93. The minimum atomic E-state index is -0.602. The number of carbonyl (C=O) groups excluding carboxylic acids is 4. The molecule has 9 nitrogen and oxygen atoms in total. The number of fused-ring (bicyclic) bond motifs is 1. The summed E-state index contributed by atoms with van der Waals surface area (Å²) in [4.78, 5) is 55.2. The molecule has 0 bridgehead atoms. The number of amides is 4. The van der Waals surface area contributed by atoms with E-state index in [0.29, 0.717) is 50.3 Å². The maximum Gasteiger partial charge on any atom is 0.255 e. The van der Waals surface area contributed by atoms with Gasteiger partial charge in [-0.1, -0.05) is 24.3 Å². The van der Waals surface area contributed by atoms with Crippen LogP contribution in [0.5, 0.6) is 0 Å². The molecule has 0 saturated carbocycles. The Morgan fingerprint density at radius 2 is 1.69 bits per heavy atom. The fourth-order valence-corrected chi connectivity index (χ4v) is 5.04. The minimum Gasteiger partial charge on any atom is -0.399 e. The third kappa shape index (κ3) is 4.90. The molecule has 35 heavy (non-hydrogen) atoms. The Balaban J connectivity index is 1.16. The van der Waals surface area contributed by atoms with Crippen molar-refractivity contribution in [1.29, 1.82) is 0 Å². The molecule has 4 amide bonds. The van der Waals surface area contributed by atoms with E-state index in [1.807, 2.05) is 47.4 Å². The molecule has 3 aliphatic heterocycles. The summed E-state index contributed by atoms with van der Waals surface area (Å²) in [5.74, 6) is -0.725. The van der Waals surface area contributed by atoms with E-state index in [-0.39, 0.29) is 24.1 Å². The van der Waals surface area contributed by atoms with E-state index in [4.69, 9.17) is 5.73 Å². The van der Waals surface area contributed by atoms with Gasteiger partial charge in [0.15, 0.2) is 0 Å². The summed E-state index contributed by atoms with van der Waals surface area (Å²) >= 11 is 0. The van der Waals surface area contributed by atoms with Gasteiger partial charge in [-0.15, -0.1) is 0 Å². The standard InChI is InChI=1S/C26H29N5O4/c27-20-5-2-17(3-6-20)14-24(33)30-11-9-29(10-12-30)15-18-1-4-19-16-31(26(35)21(19)13-18)22-7-8-23(32)28-25(22)34/h1-6,13,22H,7-12,14-16,27H2,(H,28,32,34). The van der Waals surface area contributed by atoms with Crippen molar-refractivity contribution < 1.29 is 19.2 Å². The fourth-order valence-electron chi connectivity index (χ4n) is 5.04. The van der Waals surface area contributed by atoms with Crippen LogP contribution in [-0.2, 0) is 33.9 Å². The quantitative estimate of drug-likeness (QED) is 0.491. The zero-order valence-corrected chi connectivity index (χ0v) is 19.5. The molecule has 9 heteroatoms. The Hall–Kier alpha value is -3.72. The van der Waals surface area contributed by atoms with Gasteiger partial charge in [0.2, 0.25) is 17.7 Å². The number of carbonyl (C=O) groups is 4. The van der Waals surface area contributed by atoms with Crippen molar-refractivity contribution in [1.82, 2.24) is 20.0 Å². The molecule has 3 heterocycles. The fraction of sp³-hybridized carbons (Fsp3) is 0.385. The zero-order chi connectivity index (χ0) is 24.5. The molecule has 2 aromatic rings. The Morgan fingerprint density at radius 1 is 0.971 bits per heavy atom. The molecule has 2 aromatic carbocycles. The van der Waals surface area contributed by atoms with Crippen molar-refractivity contribution in [2.24, 2.45) is 0 Å². The van der Waals surface area contributed by atoms with Crippen LogP contribution >= 0.6 is 0 Å². The van der Waals surface area contributed by atoms with Crippen LogP contribution in [0.2, 0.25) is 0 Å². The van der Waals surface area contributed by atoms with Gasteiger partial charge in [0, 0.05) is 56.9 Å². The number of hydrogen-bond donors (Lipinski definition) is 2. The predicted octanol–water partition coefficient (Wildman–Crippen LogP) is 0.917. The van der Waals surface area contributed by atoms with Crippen molar-refractivity contribution in [2.75, 3.05) is 31.9 Å². The number of imide groups is 1. The van der Waals surface area contributed by atoms with Gasteiger partial charge in [-0.2, -0.15) is 0 Å². The largest absolute Gasteiger partial charge is 0.399 e. The predicted molar refractivity (Wildman–Crippen MR) is 129 cm³/mol. The first-order chi connectivity index (χ1) is 16.9. The lowest BCUT2D eigenvalue weighted by Gasteiger charge is -2.35. The average molecular weight is 476 g/mol. The van der Waals surface area contributed by atoms with Crippen molar-refractivity contribution in [3.05, 3.63) is 64.7 Å². The number of nitrogens with one attached hydrogen (secondary N) is 1. The number of benzene rings is 2. The number of hydrogen-bond acceptors (Lipinski definition) is 6. The maximum atomic E-state index is 13.1. The molecule has 3 aliphatic rings. The number of nitrogens with two attached hydrogens (primary N) is 1. The molecule has 0 aromatic heterocycles. The van der Waals surface area contributed by atoms with Crippen molar-refractivity contribution in [3.63, 3.8) is 0 Å². The third-order valence-corrected chi connectivity index (χ3v) is 7.06. The molecule has 1 unspecified atom stereocenters. The van der Waals surface area contributed by atoms with Crippen LogP contribution in [0.15, 0.2) is 42.5 Å². The van der Waals surface area contributed by atoms with Crippen molar-refractivity contribution >= 4 is 29.3 Å². The highest BCUT2D eigenvalue weighted by molar-refractivity contribution is 6.05. The maximum absolute atomic E-state index is 13.1. The lowest BCUT2D eigenvalue weighted by Crippen LogP contribution is -2.52. The average Bonchev–Trinajstić information content (AvgIpc) is 3.16. The van der Waals surface area contributed by atoms with Gasteiger partial charge in [0.05, 0.1) is 6.42 Å². The van der Waals surface area contributed by atoms with E-state index in [1.54, 1.807) is 4.90 Å². The molecule has 0 radical (unpaired) electrons. The minimum absolute atomic E-state index is 0.117. The van der Waals surface area contributed by atoms with E-state index in [2.05, 4.69) is 10.2 Å². The number of piperidine rings is 1. The molecular formula is C26H29N5O4. The van der Waals surface area contributed by atoms with Gasteiger partial charge in [-0.05, 0) is 41.3 Å². The monoisotopic (exact) mass is 475 g/mol. The Labute approximate surface area is 203 Å². The summed E-state index contributed by atoms with van der Waals surface area (Å²) in [7, 11) is 0. The summed E-state index contributed by atoms with van der Waals surface area (Å²) in [5, 5.41) is 2.33. The number of nitrogen functional groups attached to an aromatic ring is 1. The molecule has 1 atom stereocenters. The highest BCUT2D eigenvalue weighted by Crippen LogP contribution is 2.28. The molecule has 0 aliphatic carbocycles.